The summed E-state index contributed by atoms with van der Waals surface area (Å²) in [6, 6.07) is 45.7. The van der Waals surface area contributed by atoms with E-state index in [4.69, 9.17) is 15.0 Å². The molecule has 37 heavy (non-hydrogen) atoms. The van der Waals surface area contributed by atoms with E-state index in [1.165, 1.54) is 16.3 Å². The summed E-state index contributed by atoms with van der Waals surface area (Å²) < 4.78 is 2.16. The quantitative estimate of drug-likeness (QED) is 0.260. The predicted molar refractivity (Wildman–Crippen MR) is 150 cm³/mol. The Kier molecular flexibility index (Phi) is 5.07. The molecule has 0 fully saturated rings. The number of fused-ring (bicyclic) bond motifs is 3. The molecule has 0 aliphatic rings. The van der Waals surface area contributed by atoms with Gasteiger partial charge < -0.3 is 0 Å². The van der Waals surface area contributed by atoms with Crippen LogP contribution in [0.4, 0.5) is 0 Å². The van der Waals surface area contributed by atoms with Crippen LogP contribution in [0.5, 0.6) is 0 Å². The number of para-hydroxylation sites is 1. The van der Waals surface area contributed by atoms with E-state index in [0.717, 1.165) is 27.7 Å². The largest absolute Gasteiger partial charge is 0.278 e. The Morgan fingerprint density at radius 3 is 1.51 bits per heavy atom. The van der Waals surface area contributed by atoms with Crippen molar-refractivity contribution in [2.45, 2.75) is 0 Å². The lowest BCUT2D eigenvalue weighted by Crippen LogP contribution is -2.06. The van der Waals surface area contributed by atoms with E-state index in [9.17, 15) is 0 Å². The van der Waals surface area contributed by atoms with Gasteiger partial charge in [0.15, 0.2) is 11.6 Å². The number of aromatic nitrogens is 4. The molecule has 0 aliphatic heterocycles. The van der Waals surface area contributed by atoms with Gasteiger partial charge in [-0.15, -0.1) is 0 Å². The van der Waals surface area contributed by atoms with Gasteiger partial charge in [0.25, 0.3) is 0 Å². The summed E-state index contributed by atoms with van der Waals surface area (Å²) in [5, 5.41) is 2.33. The molecule has 0 atom stereocenters. The number of benzene rings is 5. The molecule has 2 aromatic heterocycles. The average Bonchev–Trinajstić information content (AvgIpc) is 3.32. The van der Waals surface area contributed by atoms with Crippen molar-refractivity contribution in [1.29, 1.82) is 0 Å². The number of hydrogen-bond donors (Lipinski definition) is 0. The first kappa shape index (κ1) is 21.2. The summed E-state index contributed by atoms with van der Waals surface area (Å²) in [4.78, 5) is 14.9. The van der Waals surface area contributed by atoms with Gasteiger partial charge in [0.1, 0.15) is 0 Å². The molecule has 0 saturated heterocycles. The van der Waals surface area contributed by atoms with E-state index in [1.807, 2.05) is 66.7 Å². The SMILES string of the molecule is c1ccc(-c2ccc3c4ccccc4n(-c4nc(-c5ccccc5)nc(-c5ccccc5)n4)c3c2)cc1. The zero-order valence-corrected chi connectivity index (χ0v) is 20.0. The molecule has 4 heteroatoms. The minimum atomic E-state index is 0.601. The minimum Gasteiger partial charge on any atom is -0.278 e. The summed E-state index contributed by atoms with van der Waals surface area (Å²) in [5.74, 6) is 1.90. The second-order valence-corrected chi connectivity index (χ2v) is 8.97. The molecule has 0 bridgehead atoms. The number of hydrogen-bond acceptors (Lipinski definition) is 3. The topological polar surface area (TPSA) is 43.6 Å². The lowest BCUT2D eigenvalue weighted by molar-refractivity contribution is 0.953. The zero-order chi connectivity index (χ0) is 24.6. The number of rotatable bonds is 4. The monoisotopic (exact) mass is 474 g/mol. The molecule has 0 aliphatic carbocycles. The molecule has 0 unspecified atom stereocenters. The Morgan fingerprint density at radius 1 is 0.378 bits per heavy atom. The van der Waals surface area contributed by atoms with Crippen LogP contribution in [-0.2, 0) is 0 Å². The van der Waals surface area contributed by atoms with E-state index in [-0.39, 0.29) is 0 Å². The van der Waals surface area contributed by atoms with Gasteiger partial charge >= 0.3 is 0 Å². The summed E-state index contributed by atoms with van der Waals surface area (Å²) in [5.41, 5.74) is 6.35. The van der Waals surface area contributed by atoms with E-state index in [0.29, 0.717) is 17.6 Å². The molecule has 2 heterocycles. The van der Waals surface area contributed by atoms with E-state index >= 15 is 0 Å². The Hall–Kier alpha value is -5.09. The fraction of sp³-hybridized carbons (Fsp3) is 0. The Bertz CT molecular complexity index is 1800. The fourth-order valence-corrected chi connectivity index (χ4v) is 4.89. The lowest BCUT2D eigenvalue weighted by atomic mass is 10.0. The molecular formula is C33H22N4. The van der Waals surface area contributed by atoms with Crippen molar-refractivity contribution in [1.82, 2.24) is 19.5 Å². The molecule has 0 radical (unpaired) electrons. The second-order valence-electron chi connectivity index (χ2n) is 8.97. The normalized spacial score (nSPS) is 11.2. The van der Waals surface area contributed by atoms with Crippen LogP contribution >= 0.6 is 0 Å². The van der Waals surface area contributed by atoms with Crippen molar-refractivity contribution in [3.8, 4) is 39.9 Å². The first-order chi connectivity index (χ1) is 18.3. The number of nitrogens with zero attached hydrogens (tertiary/aromatic N) is 4. The summed E-state index contributed by atoms with van der Waals surface area (Å²) in [7, 11) is 0. The molecule has 0 saturated carbocycles. The zero-order valence-electron chi connectivity index (χ0n) is 20.0. The lowest BCUT2D eigenvalue weighted by Gasteiger charge is -2.11. The smallest absolute Gasteiger partial charge is 0.238 e. The Labute approximate surface area is 214 Å². The first-order valence-corrected chi connectivity index (χ1v) is 12.3. The highest BCUT2D eigenvalue weighted by Gasteiger charge is 2.18. The van der Waals surface area contributed by atoms with Gasteiger partial charge in [-0.1, -0.05) is 121 Å². The van der Waals surface area contributed by atoms with Crippen LogP contribution in [0.25, 0.3) is 61.7 Å². The summed E-state index contributed by atoms with van der Waals surface area (Å²) in [6.07, 6.45) is 0. The third-order valence-corrected chi connectivity index (χ3v) is 6.67. The molecule has 7 rings (SSSR count). The van der Waals surface area contributed by atoms with E-state index < -0.39 is 0 Å². The Balaban J connectivity index is 1.54. The maximum absolute atomic E-state index is 5.02. The fourth-order valence-electron chi connectivity index (χ4n) is 4.89. The molecule has 0 N–H and O–H groups in total. The third-order valence-electron chi connectivity index (χ3n) is 6.67. The summed E-state index contributed by atoms with van der Waals surface area (Å²) >= 11 is 0. The minimum absolute atomic E-state index is 0.601. The van der Waals surface area contributed by atoms with Crippen molar-refractivity contribution >= 4 is 21.8 Å². The van der Waals surface area contributed by atoms with Gasteiger partial charge in [0.05, 0.1) is 11.0 Å². The van der Waals surface area contributed by atoms with Crippen molar-refractivity contribution in [2.24, 2.45) is 0 Å². The summed E-state index contributed by atoms with van der Waals surface area (Å²) in [6.45, 7) is 0. The van der Waals surface area contributed by atoms with Crippen LogP contribution in [0.3, 0.4) is 0 Å². The molecule has 174 valence electrons. The van der Waals surface area contributed by atoms with Crippen molar-refractivity contribution < 1.29 is 0 Å². The predicted octanol–water partition coefficient (Wildman–Crippen LogP) is 7.97. The van der Waals surface area contributed by atoms with Crippen LogP contribution in [0.15, 0.2) is 133 Å². The molecule has 7 aromatic rings. The standard InChI is InChI=1S/C33H22N4/c1-4-12-23(13-5-1)26-20-21-28-27-18-10-11-19-29(27)37(30(28)22-26)33-35-31(24-14-6-2-7-15-24)34-32(36-33)25-16-8-3-9-17-25/h1-22H. The maximum atomic E-state index is 5.02. The highest BCUT2D eigenvalue weighted by molar-refractivity contribution is 6.10. The Morgan fingerprint density at radius 2 is 0.892 bits per heavy atom. The molecular weight excluding hydrogens is 452 g/mol. The van der Waals surface area contributed by atoms with Gasteiger partial charge in [-0.05, 0) is 23.3 Å². The molecule has 0 spiro atoms. The van der Waals surface area contributed by atoms with E-state index in [2.05, 4.69) is 71.3 Å². The first-order valence-electron chi connectivity index (χ1n) is 12.3. The van der Waals surface area contributed by atoms with Gasteiger partial charge in [-0.3, -0.25) is 4.57 Å². The van der Waals surface area contributed by atoms with Crippen LogP contribution in [0.2, 0.25) is 0 Å². The van der Waals surface area contributed by atoms with Gasteiger partial charge in [0.2, 0.25) is 5.95 Å². The maximum Gasteiger partial charge on any atom is 0.238 e. The van der Waals surface area contributed by atoms with E-state index in [1.54, 1.807) is 0 Å². The van der Waals surface area contributed by atoms with Crippen molar-refractivity contribution in [2.75, 3.05) is 0 Å². The van der Waals surface area contributed by atoms with Gasteiger partial charge in [0, 0.05) is 21.9 Å². The van der Waals surface area contributed by atoms with Crippen molar-refractivity contribution in [3.63, 3.8) is 0 Å². The second kappa shape index (κ2) is 8.85. The molecule has 0 amide bonds. The van der Waals surface area contributed by atoms with Crippen LogP contribution < -0.4 is 0 Å². The third kappa shape index (κ3) is 3.76. The van der Waals surface area contributed by atoms with Crippen molar-refractivity contribution in [3.05, 3.63) is 133 Å². The van der Waals surface area contributed by atoms with Gasteiger partial charge in [-0.2, -0.15) is 9.97 Å². The van der Waals surface area contributed by atoms with Crippen LogP contribution in [0.1, 0.15) is 0 Å². The van der Waals surface area contributed by atoms with Crippen LogP contribution in [-0.4, -0.2) is 19.5 Å². The molecule has 4 nitrogen and oxygen atoms in total. The van der Waals surface area contributed by atoms with Crippen LogP contribution in [0, 0.1) is 0 Å². The average molecular weight is 475 g/mol. The highest BCUT2D eigenvalue weighted by atomic mass is 15.2. The molecule has 5 aromatic carbocycles. The van der Waals surface area contributed by atoms with Gasteiger partial charge in [-0.25, -0.2) is 4.98 Å². The highest BCUT2D eigenvalue weighted by Crippen LogP contribution is 2.34.